The number of ether oxygens (including phenoxy) is 1. The molecule has 2 aliphatic heterocycles. The van der Waals surface area contributed by atoms with Gasteiger partial charge < -0.3 is 75.4 Å². The van der Waals surface area contributed by atoms with E-state index in [1.54, 1.807) is 80.3 Å². The fourth-order valence-electron chi connectivity index (χ4n) is 12.6. The van der Waals surface area contributed by atoms with E-state index in [4.69, 9.17) is 16.3 Å². The standard InChI is InChI=1S/C75H119ClN12O15/c1-18-19-32-88-44-64(93)83(14)61(41-53-29-26-30-54(76)39-53)73(100)85(16)58(37-47(4)5)68(95)78-56(45-103-35-31-50(10)89)71(98)84(15)57(36-46(2)3)67(94)77-55(72(99)87-33-24-21-25-34-87)42-62(91)81(12)43-63(92)82(13)60(40-52-27-22-20-23-28-52)70(97)79-65(49(8)9)74(101)86(17)59(38-48(6)7)69(96)80-66(51(11)90)75(88)102/h20,22-23,26-30,39,46-51,55-61,65-66,89-90H,18-19,21,24-25,31-38,40-45H2,1-17H3,(H,77,94)(H,78,95)(H,79,97)(H,80,96)/t50-,51+,55?,56-,57-,58-,59-,60-,61-,65-,66-/m0/s1. The lowest BCUT2D eigenvalue weighted by molar-refractivity contribution is -0.151. The molecule has 103 heavy (non-hydrogen) atoms. The van der Waals surface area contributed by atoms with Crippen LogP contribution in [0.4, 0.5) is 0 Å². The highest BCUT2D eigenvalue weighted by molar-refractivity contribution is 6.30. The quantitative estimate of drug-likeness (QED) is 0.0972. The summed E-state index contributed by atoms with van der Waals surface area (Å²) in [5.41, 5.74) is 1.16. The number of piperidine rings is 1. The molecular weight excluding hydrogens is 1340 g/mol. The maximum Gasteiger partial charge on any atom is 0.248 e. The van der Waals surface area contributed by atoms with Crippen molar-refractivity contribution in [2.24, 2.45) is 23.7 Å². The SMILES string of the molecule is CCCCN1CC(=O)N(C)[C@@H](Cc2cccc(Cl)c2)C(=O)N(C)[C@@H](CC(C)C)C(=O)N[C@@H](COCC[C@H](C)O)C(=O)N(C)[C@@H](CC(C)C)C(=O)NC(C(=O)N2CCCCC2)CC(=O)N(C)CC(=O)N(C)[C@@H](Cc2ccccc2)C(=O)N[C@@H](C(C)C)C(=O)N(C)[C@@H](CC(C)C)C(=O)N[C@@H]([C@@H](C)O)C1=O. The molecule has 2 aliphatic rings. The van der Waals surface area contributed by atoms with Crippen molar-refractivity contribution in [2.45, 2.75) is 220 Å². The zero-order chi connectivity index (χ0) is 77.3. The van der Waals surface area contributed by atoms with Gasteiger partial charge in [0.2, 0.25) is 70.9 Å². The van der Waals surface area contributed by atoms with Crippen molar-refractivity contribution >= 4 is 82.5 Å². The highest BCUT2D eigenvalue weighted by Gasteiger charge is 2.43. The Hall–Kier alpha value is -7.75. The average molecular weight is 1460 g/mol. The molecule has 27 nitrogen and oxygen atoms in total. The lowest BCUT2D eigenvalue weighted by atomic mass is 9.97. The molecule has 11 atom stereocenters. The molecule has 1 unspecified atom stereocenters. The van der Waals surface area contributed by atoms with Gasteiger partial charge in [-0.25, -0.2) is 0 Å². The van der Waals surface area contributed by atoms with Crippen LogP contribution in [0.1, 0.15) is 151 Å². The van der Waals surface area contributed by atoms with Crippen LogP contribution >= 0.6 is 11.6 Å². The number of amides is 12. The van der Waals surface area contributed by atoms with Crippen molar-refractivity contribution < 1.29 is 72.5 Å². The second-order valence-corrected chi connectivity index (χ2v) is 30.0. The molecule has 2 fully saturated rings. The van der Waals surface area contributed by atoms with Crippen LogP contribution in [-0.4, -0.2) is 275 Å². The number of aliphatic hydroxyl groups excluding tert-OH is 2. The Balaban J connectivity index is 2.00. The molecule has 576 valence electrons. The Morgan fingerprint density at radius 2 is 1.04 bits per heavy atom. The lowest BCUT2D eigenvalue weighted by Gasteiger charge is -2.37. The largest absolute Gasteiger partial charge is 0.393 e. The molecule has 0 spiro atoms. The van der Waals surface area contributed by atoms with E-state index in [1.165, 1.54) is 68.8 Å². The number of benzene rings is 2. The smallest absolute Gasteiger partial charge is 0.248 e. The number of likely N-dealkylation sites (N-methyl/N-ethyl adjacent to an activating group) is 6. The molecule has 0 radical (unpaired) electrons. The summed E-state index contributed by atoms with van der Waals surface area (Å²) in [7, 11) is 8.26. The first-order valence-electron chi connectivity index (χ1n) is 36.5. The van der Waals surface area contributed by atoms with E-state index < -0.39 is 170 Å². The molecule has 2 aromatic rings. The number of unbranched alkanes of at least 4 members (excludes halogenated alkanes) is 1. The molecule has 2 saturated heterocycles. The number of hydrogen-bond acceptors (Lipinski definition) is 15. The molecule has 2 heterocycles. The van der Waals surface area contributed by atoms with Crippen molar-refractivity contribution in [1.29, 1.82) is 0 Å². The predicted octanol–water partition coefficient (Wildman–Crippen LogP) is 3.67. The zero-order valence-corrected chi connectivity index (χ0v) is 64.7. The minimum atomic E-state index is -1.68. The number of likely N-dealkylation sites (tertiary alicyclic amines) is 1. The number of nitrogens with one attached hydrogen (secondary N) is 4. The van der Waals surface area contributed by atoms with Gasteiger partial charge in [-0.2, -0.15) is 0 Å². The van der Waals surface area contributed by atoms with E-state index >= 15 is 33.6 Å². The molecule has 4 rings (SSSR count). The first kappa shape index (κ1) is 87.7. The van der Waals surface area contributed by atoms with Gasteiger partial charge >= 0.3 is 0 Å². The van der Waals surface area contributed by atoms with Gasteiger partial charge in [-0.3, -0.25) is 57.5 Å². The molecule has 6 N–H and O–H groups in total. The molecule has 12 amide bonds. The van der Waals surface area contributed by atoms with Crippen LogP contribution in [0.3, 0.4) is 0 Å². The number of halogens is 1. The van der Waals surface area contributed by atoms with Crippen LogP contribution in [0.5, 0.6) is 0 Å². The number of carbonyl (C=O) groups excluding carboxylic acids is 12. The van der Waals surface area contributed by atoms with Crippen LogP contribution in [0.25, 0.3) is 0 Å². The number of aliphatic hydroxyl groups is 2. The first-order chi connectivity index (χ1) is 48.4. The van der Waals surface area contributed by atoms with Crippen molar-refractivity contribution in [2.75, 3.05) is 88.2 Å². The highest BCUT2D eigenvalue weighted by atomic mass is 35.5. The van der Waals surface area contributed by atoms with Gasteiger partial charge in [-0.1, -0.05) is 123 Å². The third-order valence-corrected chi connectivity index (χ3v) is 19.3. The van der Waals surface area contributed by atoms with E-state index in [0.717, 1.165) is 21.1 Å². The van der Waals surface area contributed by atoms with E-state index in [9.17, 15) is 34.2 Å². The summed E-state index contributed by atoms with van der Waals surface area (Å²) in [5.74, 6) is -10.5. The Bertz CT molecular complexity index is 3170. The number of hydrogen-bond donors (Lipinski definition) is 6. The van der Waals surface area contributed by atoms with Crippen molar-refractivity contribution in [1.82, 2.24) is 60.5 Å². The Morgan fingerprint density at radius 1 is 0.544 bits per heavy atom. The van der Waals surface area contributed by atoms with Gasteiger partial charge in [-0.15, -0.1) is 0 Å². The summed E-state index contributed by atoms with van der Waals surface area (Å²) >= 11 is 6.51. The van der Waals surface area contributed by atoms with Gasteiger partial charge in [0.15, 0.2) is 0 Å². The summed E-state index contributed by atoms with van der Waals surface area (Å²) < 4.78 is 5.97. The first-order valence-corrected chi connectivity index (χ1v) is 36.8. The van der Waals surface area contributed by atoms with Crippen molar-refractivity contribution in [3.05, 3.63) is 70.7 Å². The van der Waals surface area contributed by atoms with E-state index in [2.05, 4.69) is 21.3 Å². The number of nitrogens with zero attached hydrogens (tertiary/aromatic N) is 8. The molecule has 0 aromatic heterocycles. The van der Waals surface area contributed by atoms with Gasteiger partial charge in [0.25, 0.3) is 0 Å². The van der Waals surface area contributed by atoms with E-state index in [0.29, 0.717) is 54.9 Å². The fraction of sp³-hybridized carbons (Fsp3) is 0.680. The van der Waals surface area contributed by atoms with Crippen molar-refractivity contribution in [3.63, 3.8) is 0 Å². The summed E-state index contributed by atoms with van der Waals surface area (Å²) in [6, 6.07) is 2.72. The third-order valence-electron chi connectivity index (χ3n) is 19.1. The van der Waals surface area contributed by atoms with Crippen molar-refractivity contribution in [3.8, 4) is 0 Å². The second-order valence-electron chi connectivity index (χ2n) is 29.6. The third kappa shape index (κ3) is 26.7. The number of rotatable bonds is 21. The summed E-state index contributed by atoms with van der Waals surface area (Å²) in [6.07, 6.45) is 0.0911. The highest BCUT2D eigenvalue weighted by Crippen LogP contribution is 2.24. The van der Waals surface area contributed by atoms with Gasteiger partial charge in [-0.05, 0) is 112 Å². The Labute approximate surface area is 615 Å². The van der Waals surface area contributed by atoms with Crippen LogP contribution in [0, 0.1) is 23.7 Å². The molecule has 28 heteroatoms. The van der Waals surface area contributed by atoms with Gasteiger partial charge in [0.05, 0.1) is 38.3 Å². The van der Waals surface area contributed by atoms with Crippen LogP contribution < -0.4 is 21.3 Å². The maximum atomic E-state index is 15.5. The fourth-order valence-corrected chi connectivity index (χ4v) is 12.8. The monoisotopic (exact) mass is 1460 g/mol. The lowest BCUT2D eigenvalue weighted by Crippen LogP contribution is -2.62. The van der Waals surface area contributed by atoms with Crippen LogP contribution in [0.2, 0.25) is 5.02 Å². The Morgan fingerprint density at radius 3 is 1.57 bits per heavy atom. The topological polar surface area (TPSA) is 329 Å². The second kappa shape index (κ2) is 42.3. The minimum absolute atomic E-state index is 0.0196. The zero-order valence-electron chi connectivity index (χ0n) is 63.9. The van der Waals surface area contributed by atoms with E-state index in [1.807, 2.05) is 48.5 Å². The predicted molar refractivity (Wildman–Crippen MR) is 392 cm³/mol. The molecule has 0 saturated carbocycles. The van der Waals surface area contributed by atoms with Gasteiger partial charge in [0.1, 0.15) is 54.4 Å². The average Bonchev–Trinajstić information content (AvgIpc) is 0.823. The summed E-state index contributed by atoms with van der Waals surface area (Å²) in [5, 5.41) is 33.2. The summed E-state index contributed by atoms with van der Waals surface area (Å²) in [6.45, 7) is 17.9. The molecule has 2 aromatic carbocycles. The van der Waals surface area contributed by atoms with Gasteiger partial charge in [0, 0.05) is 86.4 Å². The normalized spacial score (nSPS) is 24.3. The maximum absolute atomic E-state index is 15.5. The van der Waals surface area contributed by atoms with Crippen LogP contribution in [-0.2, 0) is 75.1 Å². The Kier molecular flexibility index (Phi) is 36.0. The number of carbonyl (C=O) groups is 12. The molecule has 0 aliphatic carbocycles. The minimum Gasteiger partial charge on any atom is -0.393 e. The molecule has 0 bridgehead atoms. The van der Waals surface area contributed by atoms with Crippen LogP contribution in [0.15, 0.2) is 54.6 Å². The molecular formula is C75H119ClN12O15. The van der Waals surface area contributed by atoms with E-state index in [-0.39, 0.29) is 69.4 Å². The summed E-state index contributed by atoms with van der Waals surface area (Å²) in [4.78, 5) is 190.